The minimum Gasteiger partial charge on any atom is -0.497 e. The molecule has 1 aromatic heterocycles. The van der Waals surface area contributed by atoms with E-state index in [4.69, 9.17) is 20.9 Å². The summed E-state index contributed by atoms with van der Waals surface area (Å²) >= 11 is 6.06. The largest absolute Gasteiger partial charge is 0.497 e. The molecule has 0 unspecified atom stereocenters. The first-order valence-electron chi connectivity index (χ1n) is 6.51. The van der Waals surface area contributed by atoms with Crippen LogP contribution < -0.4 is 4.74 Å². The molecular formula is C15H10ClN3O4. The first kappa shape index (κ1) is 15.0. The molecule has 116 valence electrons. The molecule has 0 atom stereocenters. The molecule has 0 saturated carbocycles. The van der Waals surface area contributed by atoms with Crippen molar-refractivity contribution in [2.45, 2.75) is 0 Å². The summed E-state index contributed by atoms with van der Waals surface area (Å²) in [5.74, 6) is 1.22. The number of rotatable bonds is 4. The fraction of sp³-hybridized carbons (Fsp3) is 0.0667. The first-order valence-corrected chi connectivity index (χ1v) is 6.88. The van der Waals surface area contributed by atoms with Crippen molar-refractivity contribution in [3.8, 4) is 28.6 Å². The van der Waals surface area contributed by atoms with Crippen LogP contribution in [0.5, 0.6) is 5.75 Å². The van der Waals surface area contributed by atoms with Crippen molar-refractivity contribution in [1.82, 2.24) is 10.1 Å². The number of hydrogen-bond acceptors (Lipinski definition) is 6. The predicted molar refractivity (Wildman–Crippen MR) is 83.4 cm³/mol. The Morgan fingerprint density at radius 1 is 1.26 bits per heavy atom. The van der Waals surface area contributed by atoms with Crippen LogP contribution in [0.3, 0.4) is 0 Å². The molecule has 0 aliphatic carbocycles. The number of methoxy groups -OCH3 is 1. The summed E-state index contributed by atoms with van der Waals surface area (Å²) in [6, 6.07) is 11.2. The smallest absolute Gasteiger partial charge is 0.270 e. The molecule has 23 heavy (non-hydrogen) atoms. The summed E-state index contributed by atoms with van der Waals surface area (Å²) < 4.78 is 10.4. The summed E-state index contributed by atoms with van der Waals surface area (Å²) in [4.78, 5) is 14.5. The molecule has 0 bridgehead atoms. The number of nitro groups is 1. The SMILES string of the molecule is COc1cccc(-c2noc(-c3ccc([N+](=O)[O-])cc3Cl)n2)c1. The number of nitrogens with zero attached hydrogens (tertiary/aromatic N) is 3. The molecule has 0 aliphatic heterocycles. The van der Waals surface area contributed by atoms with E-state index in [9.17, 15) is 10.1 Å². The Morgan fingerprint density at radius 3 is 2.78 bits per heavy atom. The highest BCUT2D eigenvalue weighted by Crippen LogP contribution is 2.31. The summed E-state index contributed by atoms with van der Waals surface area (Å²) in [6.45, 7) is 0. The summed E-state index contributed by atoms with van der Waals surface area (Å²) in [5, 5.41) is 14.8. The number of halogens is 1. The Labute approximate surface area is 135 Å². The lowest BCUT2D eigenvalue weighted by molar-refractivity contribution is -0.384. The number of non-ortho nitro benzene ring substituents is 1. The van der Waals surface area contributed by atoms with Gasteiger partial charge in [-0.25, -0.2) is 0 Å². The highest BCUT2D eigenvalue weighted by molar-refractivity contribution is 6.33. The van der Waals surface area contributed by atoms with Crippen LogP contribution in [-0.2, 0) is 0 Å². The van der Waals surface area contributed by atoms with Gasteiger partial charge in [-0.05, 0) is 18.2 Å². The highest BCUT2D eigenvalue weighted by atomic mass is 35.5. The second kappa shape index (κ2) is 6.05. The van der Waals surface area contributed by atoms with E-state index in [1.165, 1.54) is 18.2 Å². The van der Waals surface area contributed by atoms with Gasteiger partial charge in [-0.2, -0.15) is 4.98 Å². The average molecular weight is 332 g/mol. The fourth-order valence-electron chi connectivity index (χ4n) is 2.00. The van der Waals surface area contributed by atoms with E-state index in [1.54, 1.807) is 19.2 Å². The zero-order chi connectivity index (χ0) is 16.4. The number of aromatic nitrogens is 2. The van der Waals surface area contributed by atoms with Gasteiger partial charge < -0.3 is 9.26 Å². The van der Waals surface area contributed by atoms with Crippen LogP contribution in [0, 0.1) is 10.1 Å². The van der Waals surface area contributed by atoms with E-state index in [0.29, 0.717) is 17.1 Å². The van der Waals surface area contributed by atoms with Gasteiger partial charge in [0.1, 0.15) is 5.75 Å². The molecule has 7 nitrogen and oxygen atoms in total. The van der Waals surface area contributed by atoms with Crippen molar-refractivity contribution in [1.29, 1.82) is 0 Å². The van der Waals surface area contributed by atoms with Crippen LogP contribution in [0.25, 0.3) is 22.8 Å². The molecule has 0 saturated heterocycles. The van der Waals surface area contributed by atoms with Gasteiger partial charge in [-0.15, -0.1) is 0 Å². The number of nitro benzene ring substituents is 1. The molecule has 3 aromatic rings. The third kappa shape index (κ3) is 3.00. The third-order valence-electron chi connectivity index (χ3n) is 3.15. The Balaban J connectivity index is 1.97. The van der Waals surface area contributed by atoms with Gasteiger partial charge >= 0.3 is 0 Å². The van der Waals surface area contributed by atoms with Gasteiger partial charge in [0.25, 0.3) is 11.6 Å². The topological polar surface area (TPSA) is 91.3 Å². The Kier molecular flexibility index (Phi) is 3.94. The van der Waals surface area contributed by atoms with Crippen molar-refractivity contribution in [3.05, 3.63) is 57.6 Å². The molecule has 2 aromatic carbocycles. The number of ether oxygens (including phenoxy) is 1. The fourth-order valence-corrected chi connectivity index (χ4v) is 2.26. The molecule has 0 radical (unpaired) electrons. The predicted octanol–water partition coefficient (Wildman–Crippen LogP) is 3.97. The van der Waals surface area contributed by atoms with Crippen LogP contribution in [0.4, 0.5) is 5.69 Å². The minimum absolute atomic E-state index is 0.105. The normalized spacial score (nSPS) is 10.5. The Morgan fingerprint density at radius 2 is 2.09 bits per heavy atom. The van der Waals surface area contributed by atoms with E-state index in [2.05, 4.69) is 10.1 Å². The zero-order valence-corrected chi connectivity index (χ0v) is 12.6. The van der Waals surface area contributed by atoms with Gasteiger partial charge in [-0.3, -0.25) is 10.1 Å². The van der Waals surface area contributed by atoms with Crippen LogP contribution in [0.2, 0.25) is 5.02 Å². The third-order valence-corrected chi connectivity index (χ3v) is 3.46. The number of benzene rings is 2. The van der Waals surface area contributed by atoms with E-state index >= 15 is 0 Å². The van der Waals surface area contributed by atoms with Crippen molar-refractivity contribution in [2.75, 3.05) is 7.11 Å². The lowest BCUT2D eigenvalue weighted by Gasteiger charge is -2.00. The summed E-state index contributed by atoms with van der Waals surface area (Å²) in [6.07, 6.45) is 0. The molecule has 0 N–H and O–H groups in total. The second-order valence-corrected chi connectivity index (χ2v) is 4.98. The number of hydrogen-bond donors (Lipinski definition) is 0. The molecular weight excluding hydrogens is 322 g/mol. The highest BCUT2D eigenvalue weighted by Gasteiger charge is 2.16. The molecule has 8 heteroatoms. The van der Waals surface area contributed by atoms with Crippen LogP contribution >= 0.6 is 11.6 Å². The monoisotopic (exact) mass is 331 g/mol. The van der Waals surface area contributed by atoms with E-state index in [-0.39, 0.29) is 16.6 Å². The van der Waals surface area contributed by atoms with Crippen molar-refractivity contribution in [3.63, 3.8) is 0 Å². The molecule has 0 spiro atoms. The van der Waals surface area contributed by atoms with E-state index in [1.807, 2.05) is 12.1 Å². The molecule has 1 heterocycles. The van der Waals surface area contributed by atoms with Gasteiger partial charge in [0.2, 0.25) is 5.82 Å². The summed E-state index contributed by atoms with van der Waals surface area (Å²) in [5.41, 5.74) is 1.04. The van der Waals surface area contributed by atoms with Gasteiger partial charge in [0.15, 0.2) is 0 Å². The summed E-state index contributed by atoms with van der Waals surface area (Å²) in [7, 11) is 1.57. The lowest BCUT2D eigenvalue weighted by atomic mass is 10.2. The Hall–Kier alpha value is -2.93. The maximum atomic E-state index is 10.7. The maximum Gasteiger partial charge on any atom is 0.270 e. The van der Waals surface area contributed by atoms with Crippen LogP contribution in [-0.4, -0.2) is 22.2 Å². The Bertz CT molecular complexity index is 879. The van der Waals surface area contributed by atoms with E-state index < -0.39 is 4.92 Å². The molecule has 0 amide bonds. The van der Waals surface area contributed by atoms with Crippen LogP contribution in [0.15, 0.2) is 47.0 Å². The van der Waals surface area contributed by atoms with Gasteiger partial charge in [0, 0.05) is 17.7 Å². The zero-order valence-electron chi connectivity index (χ0n) is 11.9. The maximum absolute atomic E-state index is 10.7. The average Bonchev–Trinajstić information content (AvgIpc) is 3.04. The quantitative estimate of drug-likeness (QED) is 0.530. The van der Waals surface area contributed by atoms with Crippen molar-refractivity contribution >= 4 is 17.3 Å². The molecule has 0 aliphatic rings. The minimum atomic E-state index is -0.523. The molecule has 0 fully saturated rings. The second-order valence-electron chi connectivity index (χ2n) is 4.58. The van der Waals surface area contributed by atoms with Gasteiger partial charge in [0.05, 0.1) is 22.6 Å². The van der Waals surface area contributed by atoms with Crippen LogP contribution in [0.1, 0.15) is 0 Å². The standard InChI is InChI=1S/C15H10ClN3O4/c1-22-11-4-2-3-9(7-11)14-17-15(23-18-14)12-6-5-10(19(20)21)8-13(12)16/h2-8H,1H3. The molecule has 3 rings (SSSR count). The first-order chi connectivity index (χ1) is 11.1. The van der Waals surface area contributed by atoms with Crippen molar-refractivity contribution < 1.29 is 14.2 Å². The van der Waals surface area contributed by atoms with Crippen molar-refractivity contribution in [2.24, 2.45) is 0 Å². The van der Waals surface area contributed by atoms with E-state index in [0.717, 1.165) is 5.56 Å². The lowest BCUT2D eigenvalue weighted by Crippen LogP contribution is -1.89. The van der Waals surface area contributed by atoms with Gasteiger partial charge in [-0.1, -0.05) is 28.9 Å².